The van der Waals surface area contributed by atoms with Crippen LogP contribution < -0.4 is 16.4 Å². The standard InChI is InChI=1S/C12H19FN4O.CH2N2O3S/c1-8(2)18-11-3-10(14)6-17(7-11)12-15-4-9(13)5-16-12;2-1(4)3-7(5)6/h4-5,8,10-11H,3,6-7,14H2,1-2H3;(H2,2,4)/t10-,11+;/m1./s1. The summed E-state index contributed by atoms with van der Waals surface area (Å²) in [5.74, 6) is 0.0685. The Morgan fingerprint density at radius 3 is 2.44 bits per heavy atom. The molecule has 1 aliphatic heterocycles. The van der Waals surface area contributed by atoms with Gasteiger partial charge in [0, 0.05) is 19.1 Å². The average molecular weight is 376 g/mol. The minimum atomic E-state index is -2.70. The number of ether oxygens (including phenoxy) is 1. The summed E-state index contributed by atoms with van der Waals surface area (Å²) < 4.78 is 39.6. The molecule has 4 N–H and O–H groups in total. The van der Waals surface area contributed by atoms with Crippen LogP contribution in [0.3, 0.4) is 0 Å². The molecule has 2 rings (SSSR count). The Labute approximate surface area is 146 Å². The Bertz CT molecular complexity index is 687. The van der Waals surface area contributed by atoms with Crippen molar-refractivity contribution in [1.29, 1.82) is 0 Å². The minimum Gasteiger partial charge on any atom is -0.374 e. The predicted molar refractivity (Wildman–Crippen MR) is 87.7 cm³/mol. The van der Waals surface area contributed by atoms with Gasteiger partial charge in [-0.1, -0.05) is 4.36 Å². The maximum atomic E-state index is 12.8. The molecule has 0 radical (unpaired) electrons. The van der Waals surface area contributed by atoms with Gasteiger partial charge >= 0.3 is 16.5 Å². The van der Waals surface area contributed by atoms with Crippen LogP contribution in [0.25, 0.3) is 0 Å². The van der Waals surface area contributed by atoms with E-state index in [-0.39, 0.29) is 18.2 Å². The molecule has 2 heterocycles. The molecule has 0 saturated carbocycles. The topological polar surface area (TPSA) is 154 Å². The highest BCUT2D eigenvalue weighted by Crippen LogP contribution is 2.18. The van der Waals surface area contributed by atoms with Crippen molar-refractivity contribution in [1.82, 2.24) is 9.97 Å². The molecule has 0 spiro atoms. The number of rotatable bonds is 3. The molecule has 1 aromatic rings. The van der Waals surface area contributed by atoms with Crippen molar-refractivity contribution in [2.45, 2.75) is 38.5 Å². The van der Waals surface area contributed by atoms with Crippen LogP contribution in [0.5, 0.6) is 0 Å². The largest absolute Gasteiger partial charge is 0.374 e. The van der Waals surface area contributed by atoms with Gasteiger partial charge < -0.3 is 21.1 Å². The van der Waals surface area contributed by atoms with Gasteiger partial charge in [0.1, 0.15) is 0 Å². The van der Waals surface area contributed by atoms with Crippen molar-refractivity contribution >= 4 is 22.5 Å². The van der Waals surface area contributed by atoms with E-state index in [0.29, 0.717) is 19.0 Å². The Hall–Kier alpha value is -2.18. The van der Waals surface area contributed by atoms with E-state index in [1.54, 1.807) is 0 Å². The second kappa shape index (κ2) is 9.96. The molecular weight excluding hydrogens is 355 g/mol. The number of aromatic nitrogens is 2. The second-order valence-corrected chi connectivity index (χ2v) is 6.17. The molecule has 1 fully saturated rings. The number of nitrogens with zero attached hydrogens (tertiary/aromatic N) is 4. The molecule has 0 aromatic carbocycles. The molecule has 1 aromatic heterocycles. The van der Waals surface area contributed by atoms with E-state index < -0.39 is 22.3 Å². The van der Waals surface area contributed by atoms with Crippen molar-refractivity contribution < 1.29 is 22.3 Å². The van der Waals surface area contributed by atoms with Crippen molar-refractivity contribution in [3.63, 3.8) is 0 Å². The maximum Gasteiger partial charge on any atom is 0.353 e. The van der Waals surface area contributed by atoms with Crippen LogP contribution in [0, 0.1) is 5.82 Å². The Morgan fingerprint density at radius 2 is 2.00 bits per heavy atom. The van der Waals surface area contributed by atoms with E-state index in [2.05, 4.69) is 20.1 Å². The first kappa shape index (κ1) is 20.9. The Morgan fingerprint density at radius 1 is 1.40 bits per heavy atom. The van der Waals surface area contributed by atoms with E-state index in [4.69, 9.17) is 10.5 Å². The lowest BCUT2D eigenvalue weighted by atomic mass is 10.0. The lowest BCUT2D eigenvalue weighted by molar-refractivity contribution is -0.00249. The number of carbonyl (C=O) groups is 1. The van der Waals surface area contributed by atoms with Crippen LogP contribution in [-0.2, 0) is 15.2 Å². The van der Waals surface area contributed by atoms with Gasteiger partial charge in [0.25, 0.3) is 0 Å². The smallest absolute Gasteiger partial charge is 0.353 e. The lowest BCUT2D eigenvalue weighted by Gasteiger charge is -2.36. The number of nitrogens with two attached hydrogens (primary N) is 2. The van der Waals surface area contributed by atoms with Gasteiger partial charge in [-0.15, -0.1) is 0 Å². The third-order valence-electron chi connectivity index (χ3n) is 2.96. The van der Waals surface area contributed by atoms with E-state index >= 15 is 0 Å². The molecule has 2 atom stereocenters. The first-order valence-corrected chi connectivity index (χ1v) is 8.44. The number of carbonyl (C=O) groups excluding carboxylic acids is 1. The number of hydrogen-bond acceptors (Lipinski definition) is 8. The molecule has 10 nitrogen and oxygen atoms in total. The van der Waals surface area contributed by atoms with E-state index in [1.807, 2.05) is 18.7 Å². The first-order chi connectivity index (χ1) is 11.7. The summed E-state index contributed by atoms with van der Waals surface area (Å²) in [4.78, 5) is 19.4. The van der Waals surface area contributed by atoms with Gasteiger partial charge in [0.05, 0.1) is 24.6 Å². The Balaban J connectivity index is 0.000000381. The monoisotopic (exact) mass is 376 g/mol. The maximum absolute atomic E-state index is 12.8. The lowest BCUT2D eigenvalue weighted by Crippen LogP contribution is -2.51. The molecule has 1 saturated heterocycles. The van der Waals surface area contributed by atoms with Crippen LogP contribution >= 0.6 is 0 Å². The molecule has 12 heteroatoms. The number of halogens is 1. The third-order valence-corrected chi connectivity index (χ3v) is 3.29. The SMILES string of the molecule is CC(C)O[C@H]1C[C@@H](N)CN(c2ncc(F)cn2)C1.NC(=O)N=S(=O)=O. The summed E-state index contributed by atoms with van der Waals surface area (Å²) in [6.07, 6.45) is 3.40. The minimum absolute atomic E-state index is 0.0242. The highest BCUT2D eigenvalue weighted by molar-refractivity contribution is 7.62. The van der Waals surface area contributed by atoms with E-state index in [0.717, 1.165) is 6.42 Å². The quantitative estimate of drug-likeness (QED) is 0.751. The molecule has 1 aliphatic rings. The number of primary amides is 1. The molecule has 0 unspecified atom stereocenters. The molecule has 0 aliphatic carbocycles. The van der Waals surface area contributed by atoms with Gasteiger partial charge in [0.15, 0.2) is 5.82 Å². The zero-order chi connectivity index (χ0) is 19.0. The van der Waals surface area contributed by atoms with Crippen LogP contribution in [0.15, 0.2) is 16.8 Å². The van der Waals surface area contributed by atoms with Gasteiger partial charge in [-0.05, 0) is 20.3 Å². The summed E-state index contributed by atoms with van der Waals surface area (Å²) in [5, 5.41) is 0. The zero-order valence-corrected chi connectivity index (χ0v) is 14.7. The van der Waals surface area contributed by atoms with Crippen molar-refractivity contribution in [3.05, 3.63) is 18.2 Å². The van der Waals surface area contributed by atoms with Gasteiger partial charge in [0.2, 0.25) is 5.95 Å². The molecule has 0 bridgehead atoms. The number of anilines is 1. The first-order valence-electron chi connectivity index (χ1n) is 7.41. The summed E-state index contributed by atoms with van der Waals surface area (Å²) in [6, 6.07) is -1.18. The second-order valence-electron chi connectivity index (χ2n) is 5.56. The fourth-order valence-electron chi connectivity index (χ4n) is 2.28. The summed E-state index contributed by atoms with van der Waals surface area (Å²) in [6.45, 7) is 5.36. The summed E-state index contributed by atoms with van der Waals surface area (Å²) in [7, 11) is -2.70. The number of hydrogen-bond donors (Lipinski definition) is 2. The molecule has 25 heavy (non-hydrogen) atoms. The molecule has 140 valence electrons. The average Bonchev–Trinajstić information content (AvgIpc) is 2.45. The molecule has 2 amide bonds. The highest BCUT2D eigenvalue weighted by atomic mass is 32.2. The summed E-state index contributed by atoms with van der Waals surface area (Å²) in [5.41, 5.74) is 10.3. The van der Waals surface area contributed by atoms with Gasteiger partial charge in [-0.2, -0.15) is 8.42 Å². The van der Waals surface area contributed by atoms with Crippen molar-refractivity contribution in [3.8, 4) is 0 Å². The van der Waals surface area contributed by atoms with Crippen molar-refractivity contribution in [2.75, 3.05) is 18.0 Å². The van der Waals surface area contributed by atoms with Gasteiger partial charge in [-0.3, -0.25) is 0 Å². The highest BCUT2D eigenvalue weighted by Gasteiger charge is 2.27. The van der Waals surface area contributed by atoms with Crippen LogP contribution in [-0.4, -0.2) is 55.8 Å². The Kier molecular flexibility index (Phi) is 8.31. The van der Waals surface area contributed by atoms with E-state index in [9.17, 15) is 17.6 Å². The van der Waals surface area contributed by atoms with Gasteiger partial charge in [-0.25, -0.2) is 19.2 Å². The summed E-state index contributed by atoms with van der Waals surface area (Å²) >= 11 is 0. The molecular formula is C13H21FN6O4S. The van der Waals surface area contributed by atoms with Crippen LogP contribution in [0.4, 0.5) is 15.1 Å². The third kappa shape index (κ3) is 8.47. The predicted octanol–water partition coefficient (Wildman–Crippen LogP) is 0.0745. The fourth-order valence-corrected chi connectivity index (χ4v) is 2.43. The fraction of sp³-hybridized carbons (Fsp3) is 0.615. The number of amides is 2. The number of urea groups is 1. The van der Waals surface area contributed by atoms with Crippen molar-refractivity contribution in [2.24, 2.45) is 15.8 Å². The van der Waals surface area contributed by atoms with Crippen LogP contribution in [0.1, 0.15) is 20.3 Å². The normalized spacial score (nSPS) is 19.8. The van der Waals surface area contributed by atoms with E-state index in [1.165, 1.54) is 12.4 Å². The zero-order valence-electron chi connectivity index (χ0n) is 13.9. The number of piperidine rings is 1. The van der Waals surface area contributed by atoms with Crippen LogP contribution in [0.2, 0.25) is 0 Å².